The largest absolute Gasteiger partial charge is 0.381 e. The zero-order valence-electron chi connectivity index (χ0n) is 11.6. The molecule has 2 rings (SSSR count). The third kappa shape index (κ3) is 3.96. The minimum Gasteiger partial charge on any atom is -0.381 e. The molecular weight excluding hydrogens is 210 g/mol. The van der Waals surface area contributed by atoms with Gasteiger partial charge in [-0.2, -0.15) is 0 Å². The highest BCUT2D eigenvalue weighted by atomic mass is 16.5. The van der Waals surface area contributed by atoms with E-state index in [1.54, 1.807) is 0 Å². The van der Waals surface area contributed by atoms with Gasteiger partial charge in [-0.25, -0.2) is 0 Å². The summed E-state index contributed by atoms with van der Waals surface area (Å²) < 4.78 is 5.46. The summed E-state index contributed by atoms with van der Waals surface area (Å²) in [6, 6.07) is 0. The molecule has 1 saturated carbocycles. The highest BCUT2D eigenvalue weighted by molar-refractivity contribution is 4.91. The number of hydrogen-bond acceptors (Lipinski definition) is 2. The molecule has 0 amide bonds. The molecule has 1 saturated heterocycles. The first-order valence-corrected chi connectivity index (χ1v) is 7.49. The minimum atomic E-state index is 0.650. The van der Waals surface area contributed by atoms with Crippen molar-refractivity contribution in [3.8, 4) is 0 Å². The van der Waals surface area contributed by atoms with E-state index in [9.17, 15) is 0 Å². The molecule has 0 aromatic rings. The molecule has 0 unspecified atom stereocenters. The van der Waals surface area contributed by atoms with Crippen LogP contribution in [0.5, 0.6) is 0 Å². The van der Waals surface area contributed by atoms with Crippen molar-refractivity contribution < 1.29 is 4.74 Å². The Kier molecular flexibility index (Phi) is 4.87. The van der Waals surface area contributed by atoms with E-state index >= 15 is 0 Å². The van der Waals surface area contributed by atoms with Crippen molar-refractivity contribution in [1.82, 2.24) is 5.32 Å². The van der Waals surface area contributed by atoms with Crippen LogP contribution in [-0.2, 0) is 4.74 Å². The van der Waals surface area contributed by atoms with Crippen LogP contribution in [0.2, 0.25) is 0 Å². The number of hydrogen-bond donors (Lipinski definition) is 1. The summed E-state index contributed by atoms with van der Waals surface area (Å²) in [6.07, 6.45) is 8.40. The van der Waals surface area contributed by atoms with E-state index < -0.39 is 0 Å². The summed E-state index contributed by atoms with van der Waals surface area (Å²) in [5, 5.41) is 3.69. The first-order valence-electron chi connectivity index (χ1n) is 7.49. The lowest BCUT2D eigenvalue weighted by atomic mass is 9.63. The Balaban J connectivity index is 1.73. The summed E-state index contributed by atoms with van der Waals surface area (Å²) in [5.41, 5.74) is 0.650. The topological polar surface area (TPSA) is 21.3 Å². The Morgan fingerprint density at radius 3 is 2.47 bits per heavy atom. The standard InChI is InChI=1S/C15H29NO/c1-13(2)11-16-12-15(6-3-7-15)10-14-4-8-17-9-5-14/h13-14,16H,3-12H2,1-2H3. The Bertz CT molecular complexity index is 217. The predicted octanol–water partition coefficient (Wildman–Crippen LogP) is 3.22. The molecule has 2 aliphatic rings. The minimum absolute atomic E-state index is 0.650. The van der Waals surface area contributed by atoms with Crippen LogP contribution < -0.4 is 5.32 Å². The molecule has 1 N–H and O–H groups in total. The summed E-state index contributed by atoms with van der Waals surface area (Å²) in [7, 11) is 0. The van der Waals surface area contributed by atoms with Crippen molar-refractivity contribution >= 4 is 0 Å². The zero-order valence-corrected chi connectivity index (χ0v) is 11.6. The molecular formula is C15H29NO. The molecule has 2 nitrogen and oxygen atoms in total. The summed E-state index contributed by atoms with van der Waals surface area (Å²) >= 11 is 0. The second kappa shape index (κ2) is 6.19. The molecule has 0 bridgehead atoms. The van der Waals surface area contributed by atoms with Gasteiger partial charge in [-0.3, -0.25) is 0 Å². The van der Waals surface area contributed by atoms with Gasteiger partial charge in [0, 0.05) is 19.8 Å². The van der Waals surface area contributed by atoms with Gasteiger partial charge in [0.25, 0.3) is 0 Å². The van der Waals surface area contributed by atoms with Crippen LogP contribution in [0.4, 0.5) is 0 Å². The highest BCUT2D eigenvalue weighted by Gasteiger charge is 2.38. The van der Waals surface area contributed by atoms with Gasteiger partial charge in [0.1, 0.15) is 0 Å². The second-order valence-electron chi connectivity index (χ2n) is 6.64. The van der Waals surface area contributed by atoms with Gasteiger partial charge >= 0.3 is 0 Å². The van der Waals surface area contributed by atoms with Crippen molar-refractivity contribution in [2.75, 3.05) is 26.3 Å². The van der Waals surface area contributed by atoms with Crippen LogP contribution in [0.25, 0.3) is 0 Å². The van der Waals surface area contributed by atoms with Crippen LogP contribution >= 0.6 is 0 Å². The third-order valence-electron chi connectivity index (χ3n) is 4.53. The first kappa shape index (κ1) is 13.4. The van der Waals surface area contributed by atoms with Crippen LogP contribution in [0.15, 0.2) is 0 Å². The molecule has 0 aromatic heterocycles. The van der Waals surface area contributed by atoms with Crippen LogP contribution in [0.3, 0.4) is 0 Å². The van der Waals surface area contributed by atoms with E-state index in [2.05, 4.69) is 19.2 Å². The molecule has 1 heterocycles. The van der Waals surface area contributed by atoms with Gasteiger partial charge in [0.2, 0.25) is 0 Å². The first-order chi connectivity index (χ1) is 8.20. The molecule has 1 aliphatic heterocycles. The summed E-state index contributed by atoms with van der Waals surface area (Å²) in [5.74, 6) is 1.71. The zero-order chi connectivity index (χ0) is 12.1. The van der Waals surface area contributed by atoms with Crippen molar-refractivity contribution in [3.63, 3.8) is 0 Å². The van der Waals surface area contributed by atoms with E-state index in [-0.39, 0.29) is 0 Å². The van der Waals surface area contributed by atoms with Crippen molar-refractivity contribution in [1.29, 1.82) is 0 Å². The summed E-state index contributed by atoms with van der Waals surface area (Å²) in [4.78, 5) is 0. The highest BCUT2D eigenvalue weighted by Crippen LogP contribution is 2.46. The maximum atomic E-state index is 5.46. The molecule has 0 aromatic carbocycles. The lowest BCUT2D eigenvalue weighted by molar-refractivity contribution is 0.0236. The van der Waals surface area contributed by atoms with Crippen LogP contribution in [0.1, 0.15) is 52.4 Å². The Hall–Kier alpha value is -0.0800. The molecule has 2 heteroatoms. The lowest BCUT2D eigenvalue weighted by Crippen LogP contribution is -2.42. The van der Waals surface area contributed by atoms with Crippen LogP contribution in [-0.4, -0.2) is 26.3 Å². The number of ether oxygens (including phenoxy) is 1. The fourth-order valence-electron chi connectivity index (χ4n) is 3.32. The van der Waals surface area contributed by atoms with Gasteiger partial charge in [-0.15, -0.1) is 0 Å². The van der Waals surface area contributed by atoms with Crippen molar-refractivity contribution in [2.24, 2.45) is 17.3 Å². The summed E-state index contributed by atoms with van der Waals surface area (Å²) in [6.45, 7) is 9.01. The number of rotatable bonds is 6. The quantitative estimate of drug-likeness (QED) is 0.768. The fourth-order valence-corrected chi connectivity index (χ4v) is 3.32. The smallest absolute Gasteiger partial charge is 0.0468 e. The van der Waals surface area contributed by atoms with Gasteiger partial charge in [0.05, 0.1) is 0 Å². The Morgan fingerprint density at radius 1 is 1.24 bits per heavy atom. The second-order valence-corrected chi connectivity index (χ2v) is 6.64. The van der Waals surface area contributed by atoms with Gasteiger partial charge in [-0.05, 0) is 55.9 Å². The SMILES string of the molecule is CC(C)CNCC1(CC2CCOCC2)CCC1. The van der Waals surface area contributed by atoms with E-state index in [4.69, 9.17) is 4.74 Å². The Morgan fingerprint density at radius 2 is 1.94 bits per heavy atom. The fraction of sp³-hybridized carbons (Fsp3) is 1.00. The Labute approximate surface area is 107 Å². The van der Waals surface area contributed by atoms with Crippen molar-refractivity contribution in [2.45, 2.75) is 52.4 Å². The molecule has 1 aliphatic carbocycles. The van der Waals surface area contributed by atoms with E-state index in [1.165, 1.54) is 51.6 Å². The van der Waals surface area contributed by atoms with Crippen LogP contribution in [0, 0.1) is 17.3 Å². The van der Waals surface area contributed by atoms with E-state index in [1.807, 2.05) is 0 Å². The maximum Gasteiger partial charge on any atom is 0.0468 e. The van der Waals surface area contributed by atoms with Gasteiger partial charge < -0.3 is 10.1 Å². The lowest BCUT2D eigenvalue weighted by Gasteiger charge is -2.45. The van der Waals surface area contributed by atoms with E-state index in [0.717, 1.165) is 25.0 Å². The average Bonchev–Trinajstić information content (AvgIpc) is 2.26. The van der Waals surface area contributed by atoms with E-state index in [0.29, 0.717) is 5.41 Å². The third-order valence-corrected chi connectivity index (χ3v) is 4.53. The maximum absolute atomic E-state index is 5.46. The normalized spacial score (nSPS) is 24.9. The molecule has 17 heavy (non-hydrogen) atoms. The van der Waals surface area contributed by atoms with Crippen molar-refractivity contribution in [3.05, 3.63) is 0 Å². The van der Waals surface area contributed by atoms with Gasteiger partial charge in [-0.1, -0.05) is 20.3 Å². The molecule has 0 spiro atoms. The monoisotopic (exact) mass is 239 g/mol. The molecule has 0 atom stereocenters. The average molecular weight is 239 g/mol. The molecule has 2 fully saturated rings. The van der Waals surface area contributed by atoms with Gasteiger partial charge in [0.15, 0.2) is 0 Å². The molecule has 0 radical (unpaired) electrons. The molecule has 100 valence electrons. The number of nitrogens with one attached hydrogen (secondary N) is 1. The predicted molar refractivity (Wildman–Crippen MR) is 72.2 cm³/mol.